The minimum Gasteiger partial charge on any atom is -0.504 e. The first-order valence-corrected chi connectivity index (χ1v) is 8.97. The van der Waals surface area contributed by atoms with E-state index in [1.165, 1.54) is 7.11 Å². The number of fused-ring (bicyclic) bond motifs is 1. The molecule has 1 aliphatic heterocycles. The van der Waals surface area contributed by atoms with Gasteiger partial charge in [-0.05, 0) is 41.8 Å². The molecule has 3 rings (SSSR count). The van der Waals surface area contributed by atoms with Gasteiger partial charge in [-0.15, -0.1) is 0 Å². The smallest absolute Gasteiger partial charge is 0.252 e. The van der Waals surface area contributed by atoms with Crippen molar-refractivity contribution in [3.63, 3.8) is 0 Å². The van der Waals surface area contributed by atoms with Crippen molar-refractivity contribution in [3.8, 4) is 22.6 Å². The number of hydrogen-bond donors (Lipinski definition) is 1. The summed E-state index contributed by atoms with van der Waals surface area (Å²) >= 11 is 6.08. The zero-order valence-corrected chi connectivity index (χ0v) is 15.6. The van der Waals surface area contributed by atoms with Crippen molar-refractivity contribution in [2.45, 2.75) is 26.0 Å². The van der Waals surface area contributed by atoms with Crippen LogP contribution in [0.2, 0.25) is 5.02 Å². The number of carbonyl (C=O) groups excluding carboxylic acids is 1. The van der Waals surface area contributed by atoms with Gasteiger partial charge in [0.05, 0.1) is 6.54 Å². The molecule has 6 heteroatoms. The number of phenols is 1. The van der Waals surface area contributed by atoms with Crippen LogP contribution < -0.4 is 4.74 Å². The number of rotatable bonds is 4. The number of carbonyl (C=O) groups is 1. The van der Waals surface area contributed by atoms with Gasteiger partial charge in [-0.25, -0.2) is 0 Å². The lowest BCUT2D eigenvalue weighted by molar-refractivity contribution is -0.142. The maximum atomic E-state index is 12.7. The van der Waals surface area contributed by atoms with Gasteiger partial charge in [0.25, 0.3) is 5.91 Å². The highest BCUT2D eigenvalue weighted by Crippen LogP contribution is 2.38. The minimum atomic E-state index is -0.471. The van der Waals surface area contributed by atoms with Crippen LogP contribution in [0.15, 0.2) is 36.4 Å². The summed E-state index contributed by atoms with van der Waals surface area (Å²) in [7, 11) is 1.54. The topological polar surface area (TPSA) is 59.0 Å². The van der Waals surface area contributed by atoms with Crippen LogP contribution in [-0.4, -0.2) is 42.3 Å². The number of amides is 1. The highest BCUT2D eigenvalue weighted by atomic mass is 35.5. The fourth-order valence-electron chi connectivity index (χ4n) is 3.17. The standard InChI is InChI=1S/C20H22ClNO4/c1-3-18(25-2)20(24)22-7-8-26-19-15(12-22)9-14(11-17(19)23)13-5-4-6-16(21)10-13/h4-6,9-11,18,23H,3,7-8,12H2,1-2H3/t18-/m1/s1. The molecule has 2 aromatic rings. The summed E-state index contributed by atoms with van der Waals surface area (Å²) in [5.41, 5.74) is 2.47. The molecule has 1 amide bonds. The molecule has 0 aromatic heterocycles. The van der Waals surface area contributed by atoms with E-state index in [9.17, 15) is 9.90 Å². The van der Waals surface area contributed by atoms with Gasteiger partial charge in [-0.2, -0.15) is 0 Å². The summed E-state index contributed by atoms with van der Waals surface area (Å²) in [6, 6.07) is 11.0. The molecule has 1 heterocycles. The summed E-state index contributed by atoms with van der Waals surface area (Å²) in [5, 5.41) is 11.1. The highest BCUT2D eigenvalue weighted by molar-refractivity contribution is 6.30. The van der Waals surface area contributed by atoms with Gasteiger partial charge in [-0.3, -0.25) is 4.79 Å². The SMILES string of the molecule is CC[C@@H](OC)C(=O)N1CCOc2c(O)cc(-c3cccc(Cl)c3)cc2C1. The van der Waals surface area contributed by atoms with Gasteiger partial charge >= 0.3 is 0 Å². The summed E-state index contributed by atoms with van der Waals surface area (Å²) in [6.45, 7) is 3.04. The summed E-state index contributed by atoms with van der Waals surface area (Å²) in [4.78, 5) is 14.4. The first-order valence-electron chi connectivity index (χ1n) is 8.59. The second-order valence-corrected chi connectivity index (χ2v) is 6.67. The number of nitrogens with zero attached hydrogens (tertiary/aromatic N) is 1. The number of aromatic hydroxyl groups is 1. The van der Waals surface area contributed by atoms with E-state index in [-0.39, 0.29) is 11.7 Å². The van der Waals surface area contributed by atoms with Gasteiger partial charge in [0, 0.05) is 24.2 Å². The van der Waals surface area contributed by atoms with E-state index in [0.29, 0.717) is 36.9 Å². The fraction of sp³-hybridized carbons (Fsp3) is 0.350. The Morgan fingerprint density at radius 2 is 2.15 bits per heavy atom. The quantitative estimate of drug-likeness (QED) is 0.881. The molecule has 0 aliphatic carbocycles. The zero-order chi connectivity index (χ0) is 18.7. The Labute approximate surface area is 158 Å². The van der Waals surface area contributed by atoms with Crippen molar-refractivity contribution in [2.75, 3.05) is 20.3 Å². The van der Waals surface area contributed by atoms with Crippen molar-refractivity contribution in [2.24, 2.45) is 0 Å². The van der Waals surface area contributed by atoms with Crippen LogP contribution in [0, 0.1) is 0 Å². The number of halogens is 1. The molecule has 1 N–H and O–H groups in total. The van der Waals surface area contributed by atoms with Crippen LogP contribution in [0.1, 0.15) is 18.9 Å². The molecule has 0 radical (unpaired) electrons. The van der Waals surface area contributed by atoms with Gasteiger partial charge in [0.2, 0.25) is 0 Å². The van der Waals surface area contributed by atoms with Crippen LogP contribution >= 0.6 is 11.6 Å². The lowest BCUT2D eigenvalue weighted by Crippen LogP contribution is -2.40. The molecule has 0 unspecified atom stereocenters. The average molecular weight is 376 g/mol. The molecule has 0 fully saturated rings. The van der Waals surface area contributed by atoms with Crippen molar-refractivity contribution >= 4 is 17.5 Å². The number of phenolic OH excluding ortho intramolecular Hbond substituents is 1. The summed E-state index contributed by atoms with van der Waals surface area (Å²) in [6.07, 6.45) is 0.133. The lowest BCUT2D eigenvalue weighted by Gasteiger charge is -2.24. The van der Waals surface area contributed by atoms with E-state index in [0.717, 1.165) is 16.7 Å². The van der Waals surface area contributed by atoms with Gasteiger partial charge < -0.3 is 19.5 Å². The Balaban J connectivity index is 1.96. The Hall–Kier alpha value is -2.24. The molecule has 5 nitrogen and oxygen atoms in total. The molecular formula is C20H22ClNO4. The molecule has 0 saturated carbocycles. The van der Waals surface area contributed by atoms with E-state index in [1.807, 2.05) is 31.2 Å². The molecule has 0 saturated heterocycles. The molecule has 0 spiro atoms. The van der Waals surface area contributed by atoms with E-state index in [1.54, 1.807) is 17.0 Å². The van der Waals surface area contributed by atoms with Crippen LogP contribution in [0.25, 0.3) is 11.1 Å². The second-order valence-electron chi connectivity index (χ2n) is 6.23. The molecular weight excluding hydrogens is 354 g/mol. The highest BCUT2D eigenvalue weighted by Gasteiger charge is 2.27. The predicted octanol–water partition coefficient (Wildman–Crippen LogP) is 3.86. The average Bonchev–Trinajstić information content (AvgIpc) is 2.85. The first kappa shape index (κ1) is 18.5. The van der Waals surface area contributed by atoms with Crippen LogP contribution in [0.4, 0.5) is 0 Å². The maximum Gasteiger partial charge on any atom is 0.252 e. The molecule has 1 atom stereocenters. The number of ether oxygens (including phenoxy) is 2. The summed E-state index contributed by atoms with van der Waals surface area (Å²) in [5.74, 6) is 0.418. The van der Waals surface area contributed by atoms with Crippen molar-refractivity contribution in [1.82, 2.24) is 4.90 Å². The number of benzene rings is 2. The third-order valence-electron chi connectivity index (χ3n) is 4.52. The molecule has 138 valence electrons. The zero-order valence-electron chi connectivity index (χ0n) is 14.9. The third-order valence-corrected chi connectivity index (χ3v) is 4.75. The Bertz CT molecular complexity index is 804. The molecule has 0 bridgehead atoms. The Morgan fingerprint density at radius 3 is 2.85 bits per heavy atom. The monoisotopic (exact) mass is 375 g/mol. The van der Waals surface area contributed by atoms with E-state index >= 15 is 0 Å². The van der Waals surface area contributed by atoms with E-state index in [2.05, 4.69) is 0 Å². The van der Waals surface area contributed by atoms with E-state index in [4.69, 9.17) is 21.1 Å². The van der Waals surface area contributed by atoms with Crippen molar-refractivity contribution in [1.29, 1.82) is 0 Å². The van der Waals surface area contributed by atoms with Crippen LogP contribution in [0.3, 0.4) is 0 Å². The van der Waals surface area contributed by atoms with Gasteiger partial charge in [0.15, 0.2) is 11.5 Å². The van der Waals surface area contributed by atoms with Crippen molar-refractivity contribution < 1.29 is 19.4 Å². The molecule has 26 heavy (non-hydrogen) atoms. The predicted molar refractivity (Wildman–Crippen MR) is 101 cm³/mol. The second kappa shape index (κ2) is 7.98. The number of hydrogen-bond acceptors (Lipinski definition) is 4. The largest absolute Gasteiger partial charge is 0.504 e. The Morgan fingerprint density at radius 1 is 1.35 bits per heavy atom. The minimum absolute atomic E-state index is 0.0607. The van der Waals surface area contributed by atoms with Crippen molar-refractivity contribution in [3.05, 3.63) is 47.0 Å². The normalized spacial score (nSPS) is 15.0. The maximum absolute atomic E-state index is 12.7. The fourth-order valence-corrected chi connectivity index (χ4v) is 3.36. The van der Waals surface area contributed by atoms with Crippen LogP contribution in [0.5, 0.6) is 11.5 Å². The Kier molecular flexibility index (Phi) is 5.69. The summed E-state index contributed by atoms with van der Waals surface area (Å²) < 4.78 is 11.0. The third kappa shape index (κ3) is 3.79. The van der Waals surface area contributed by atoms with Gasteiger partial charge in [-0.1, -0.05) is 30.7 Å². The molecule has 1 aliphatic rings. The number of methoxy groups -OCH3 is 1. The van der Waals surface area contributed by atoms with Crippen LogP contribution in [-0.2, 0) is 16.1 Å². The lowest BCUT2D eigenvalue weighted by atomic mass is 10.0. The van der Waals surface area contributed by atoms with Gasteiger partial charge in [0.1, 0.15) is 12.7 Å². The molecule has 2 aromatic carbocycles. The van der Waals surface area contributed by atoms with E-state index < -0.39 is 6.10 Å². The first-order chi connectivity index (χ1) is 12.5.